The molecule has 178 valence electrons. The highest BCUT2D eigenvalue weighted by atomic mass is 32.1. The summed E-state index contributed by atoms with van der Waals surface area (Å²) in [6.45, 7) is 0. The summed E-state index contributed by atoms with van der Waals surface area (Å²) in [6, 6.07) is 32.3. The Bertz CT molecular complexity index is 1900. The van der Waals surface area contributed by atoms with Crippen molar-refractivity contribution in [3.05, 3.63) is 107 Å². The van der Waals surface area contributed by atoms with E-state index in [1.807, 2.05) is 11.3 Å². The van der Waals surface area contributed by atoms with Crippen molar-refractivity contribution < 1.29 is 0 Å². The number of benzene rings is 4. The quantitative estimate of drug-likeness (QED) is 0.227. The summed E-state index contributed by atoms with van der Waals surface area (Å²) < 4.78 is 7.87. The minimum Gasteiger partial charge on any atom is -0.306 e. The normalized spacial score (nSPS) is 14.9. The van der Waals surface area contributed by atoms with Crippen molar-refractivity contribution in [1.29, 1.82) is 0 Å². The van der Waals surface area contributed by atoms with Crippen LogP contribution in [-0.2, 0) is 25.7 Å². The van der Waals surface area contributed by atoms with Crippen LogP contribution < -0.4 is 0 Å². The highest BCUT2D eigenvalue weighted by molar-refractivity contribution is 7.27. The van der Waals surface area contributed by atoms with E-state index in [0.717, 1.165) is 0 Å². The molecule has 7 aromatic rings. The van der Waals surface area contributed by atoms with Gasteiger partial charge in [-0.2, -0.15) is 0 Å². The van der Waals surface area contributed by atoms with E-state index in [4.69, 9.17) is 0 Å². The molecule has 37 heavy (non-hydrogen) atoms. The van der Waals surface area contributed by atoms with Gasteiger partial charge in [-0.25, -0.2) is 0 Å². The molecule has 3 heterocycles. The molecule has 0 saturated carbocycles. The summed E-state index contributed by atoms with van der Waals surface area (Å²) >= 11 is 1.96. The van der Waals surface area contributed by atoms with E-state index in [-0.39, 0.29) is 0 Å². The largest absolute Gasteiger partial charge is 0.306 e. The van der Waals surface area contributed by atoms with Crippen LogP contribution in [0.1, 0.15) is 35.1 Å². The predicted octanol–water partition coefficient (Wildman–Crippen LogP) is 8.92. The highest BCUT2D eigenvalue weighted by Gasteiger charge is 2.25. The number of para-hydroxylation sites is 2. The van der Waals surface area contributed by atoms with Gasteiger partial charge in [0.25, 0.3) is 0 Å². The molecule has 0 unspecified atom stereocenters. The van der Waals surface area contributed by atoms with Gasteiger partial charge in [-0.05, 0) is 97.2 Å². The molecule has 0 aliphatic heterocycles. The van der Waals surface area contributed by atoms with E-state index in [0.29, 0.717) is 0 Å². The zero-order valence-electron chi connectivity index (χ0n) is 20.6. The van der Waals surface area contributed by atoms with Crippen LogP contribution in [0.15, 0.2) is 84.9 Å². The minimum absolute atomic E-state index is 1.19. The number of rotatable bonds is 2. The summed E-state index contributed by atoms with van der Waals surface area (Å²) in [5.41, 5.74) is 14.0. The Kier molecular flexibility index (Phi) is 4.03. The van der Waals surface area contributed by atoms with Crippen molar-refractivity contribution >= 4 is 53.6 Å². The molecule has 4 aromatic carbocycles. The zero-order valence-corrected chi connectivity index (χ0v) is 21.4. The SMILES string of the molecule is c1ccc2c(c1)c1sc3c4ccccc4n(-c4ccc5c(c4)CCC5)c3c1n2-c1ccc2c(c1)CCC2. The summed E-state index contributed by atoms with van der Waals surface area (Å²) in [6.07, 6.45) is 7.37. The van der Waals surface area contributed by atoms with Crippen LogP contribution in [0.25, 0.3) is 53.6 Å². The van der Waals surface area contributed by atoms with Crippen molar-refractivity contribution in [2.24, 2.45) is 0 Å². The van der Waals surface area contributed by atoms with Gasteiger partial charge < -0.3 is 9.13 Å². The van der Waals surface area contributed by atoms with Gasteiger partial charge in [0.2, 0.25) is 0 Å². The van der Waals surface area contributed by atoms with E-state index < -0.39 is 0 Å². The van der Waals surface area contributed by atoms with E-state index in [9.17, 15) is 0 Å². The third-order valence-corrected chi connectivity index (χ3v) is 10.0. The van der Waals surface area contributed by atoms with Gasteiger partial charge in [-0.3, -0.25) is 0 Å². The van der Waals surface area contributed by atoms with Gasteiger partial charge in [-0.1, -0.05) is 48.5 Å². The lowest BCUT2D eigenvalue weighted by Crippen LogP contribution is -1.99. The van der Waals surface area contributed by atoms with E-state index in [1.165, 1.54) is 114 Å². The fourth-order valence-corrected chi connectivity index (χ4v) is 8.43. The first-order chi connectivity index (χ1) is 18.3. The maximum Gasteiger partial charge on any atom is 0.0899 e. The molecule has 0 spiro atoms. The second-order valence-corrected chi connectivity index (χ2v) is 11.8. The zero-order chi connectivity index (χ0) is 24.1. The standard InChI is InChI=1S/C34H26N2S/c1-3-13-29-27(11-1)33-31(35(29)25-17-15-21-7-5-9-23(21)19-25)32-34(37-33)28-12-2-4-14-30(28)36(32)26-18-16-22-8-6-10-24(22)20-26/h1-4,11-20H,5-10H2. The summed E-state index contributed by atoms with van der Waals surface area (Å²) in [5, 5.41) is 2.70. The Morgan fingerprint density at radius 2 is 0.946 bits per heavy atom. The first kappa shape index (κ1) is 20.3. The third kappa shape index (κ3) is 2.70. The van der Waals surface area contributed by atoms with Gasteiger partial charge in [0.15, 0.2) is 0 Å². The summed E-state index contributed by atoms with van der Waals surface area (Å²) in [4.78, 5) is 0. The lowest BCUT2D eigenvalue weighted by molar-refractivity contribution is 0.911. The molecule has 3 heteroatoms. The Hall–Kier alpha value is -3.82. The monoisotopic (exact) mass is 494 g/mol. The Balaban J connectivity index is 1.47. The topological polar surface area (TPSA) is 9.86 Å². The van der Waals surface area contributed by atoms with Crippen LogP contribution in [-0.4, -0.2) is 9.13 Å². The van der Waals surface area contributed by atoms with Crippen LogP contribution in [0.3, 0.4) is 0 Å². The second kappa shape index (κ2) is 7.36. The van der Waals surface area contributed by atoms with Crippen LogP contribution in [0.2, 0.25) is 0 Å². The lowest BCUT2D eigenvalue weighted by Gasteiger charge is -2.13. The van der Waals surface area contributed by atoms with Gasteiger partial charge in [0, 0.05) is 22.1 Å². The van der Waals surface area contributed by atoms with Crippen LogP contribution >= 0.6 is 11.3 Å². The molecular formula is C34H26N2S. The molecule has 2 nitrogen and oxygen atoms in total. The maximum absolute atomic E-state index is 2.55. The molecule has 0 N–H and O–H groups in total. The third-order valence-electron chi connectivity index (χ3n) is 8.77. The number of nitrogens with zero attached hydrogens (tertiary/aromatic N) is 2. The molecule has 0 bridgehead atoms. The number of thiophene rings is 1. The number of aryl methyl sites for hydroxylation is 4. The minimum atomic E-state index is 1.19. The molecule has 2 aliphatic rings. The molecule has 0 atom stereocenters. The number of hydrogen-bond donors (Lipinski definition) is 0. The van der Waals surface area contributed by atoms with Gasteiger partial charge in [0.05, 0.1) is 31.5 Å². The van der Waals surface area contributed by atoms with Crippen molar-refractivity contribution in [3.8, 4) is 11.4 Å². The molecule has 0 amide bonds. The lowest BCUT2D eigenvalue weighted by atomic mass is 10.1. The summed E-state index contributed by atoms with van der Waals surface area (Å²) in [7, 11) is 0. The summed E-state index contributed by atoms with van der Waals surface area (Å²) in [5.74, 6) is 0. The molecular weight excluding hydrogens is 468 g/mol. The number of hydrogen-bond acceptors (Lipinski definition) is 1. The van der Waals surface area contributed by atoms with Crippen molar-refractivity contribution in [3.63, 3.8) is 0 Å². The van der Waals surface area contributed by atoms with Gasteiger partial charge >= 0.3 is 0 Å². The second-order valence-electron chi connectivity index (χ2n) is 10.8. The van der Waals surface area contributed by atoms with Crippen molar-refractivity contribution in [2.75, 3.05) is 0 Å². The van der Waals surface area contributed by atoms with Crippen molar-refractivity contribution in [2.45, 2.75) is 38.5 Å². The first-order valence-electron chi connectivity index (χ1n) is 13.5. The highest BCUT2D eigenvalue weighted by Crippen LogP contribution is 2.47. The maximum atomic E-state index is 2.55. The van der Waals surface area contributed by atoms with Crippen LogP contribution in [0.4, 0.5) is 0 Å². The number of fused-ring (bicyclic) bond motifs is 9. The molecule has 3 aromatic heterocycles. The smallest absolute Gasteiger partial charge is 0.0899 e. The average Bonchev–Trinajstić information content (AvgIpc) is 3.74. The average molecular weight is 495 g/mol. The molecule has 0 radical (unpaired) electrons. The van der Waals surface area contributed by atoms with Gasteiger partial charge in [-0.15, -0.1) is 11.3 Å². The number of aromatic nitrogens is 2. The Morgan fingerprint density at radius 3 is 1.46 bits per heavy atom. The van der Waals surface area contributed by atoms with E-state index in [1.54, 1.807) is 0 Å². The van der Waals surface area contributed by atoms with E-state index >= 15 is 0 Å². The van der Waals surface area contributed by atoms with Crippen molar-refractivity contribution in [1.82, 2.24) is 9.13 Å². The Labute approximate surface area is 219 Å². The first-order valence-corrected chi connectivity index (χ1v) is 14.4. The van der Waals surface area contributed by atoms with E-state index in [2.05, 4.69) is 94.1 Å². The molecule has 2 aliphatic carbocycles. The fourth-order valence-electron chi connectivity index (χ4n) is 7.09. The fraction of sp³-hybridized carbons (Fsp3) is 0.176. The van der Waals surface area contributed by atoms with Gasteiger partial charge in [0.1, 0.15) is 0 Å². The molecule has 0 fully saturated rings. The van der Waals surface area contributed by atoms with Crippen LogP contribution in [0.5, 0.6) is 0 Å². The Morgan fingerprint density at radius 1 is 0.486 bits per heavy atom. The molecule has 0 saturated heterocycles. The predicted molar refractivity (Wildman–Crippen MR) is 157 cm³/mol. The van der Waals surface area contributed by atoms with Crippen LogP contribution in [0, 0.1) is 0 Å². The molecule has 9 rings (SSSR count).